The van der Waals surface area contributed by atoms with Crippen molar-refractivity contribution < 1.29 is 4.79 Å². The Labute approximate surface area is 106 Å². The molecule has 1 amide bonds. The highest BCUT2D eigenvalue weighted by atomic mass is 16.2. The van der Waals surface area contributed by atoms with E-state index in [1.165, 1.54) is 12.8 Å². The first-order valence-electron chi connectivity index (χ1n) is 6.82. The number of carbonyl (C=O) groups excluding carboxylic acids is 1. The van der Waals surface area contributed by atoms with Gasteiger partial charge in [0.15, 0.2) is 0 Å². The van der Waals surface area contributed by atoms with Crippen molar-refractivity contribution >= 4 is 5.91 Å². The largest absolute Gasteiger partial charge is 0.348 e. The van der Waals surface area contributed by atoms with Gasteiger partial charge in [0.1, 0.15) is 0 Å². The number of nitrogens with zero attached hydrogens (tertiary/aromatic N) is 2. The average Bonchev–Trinajstić information content (AvgIpc) is 2.65. The summed E-state index contributed by atoms with van der Waals surface area (Å²) >= 11 is 0. The van der Waals surface area contributed by atoms with Crippen molar-refractivity contribution in [1.29, 1.82) is 0 Å². The first kappa shape index (κ1) is 14.5. The van der Waals surface area contributed by atoms with Crippen molar-refractivity contribution in [3.8, 4) is 0 Å². The van der Waals surface area contributed by atoms with Crippen LogP contribution in [0.15, 0.2) is 0 Å². The molecule has 0 saturated carbocycles. The molecule has 0 radical (unpaired) electrons. The van der Waals surface area contributed by atoms with E-state index in [4.69, 9.17) is 0 Å². The van der Waals surface area contributed by atoms with E-state index >= 15 is 0 Å². The van der Waals surface area contributed by atoms with Crippen molar-refractivity contribution in [2.45, 2.75) is 33.6 Å². The maximum absolute atomic E-state index is 11.6. The molecule has 17 heavy (non-hydrogen) atoms. The molecule has 100 valence electrons. The van der Waals surface area contributed by atoms with E-state index in [2.05, 4.69) is 25.7 Å². The highest BCUT2D eigenvalue weighted by Crippen LogP contribution is 2.26. The van der Waals surface area contributed by atoms with Gasteiger partial charge in [0.25, 0.3) is 0 Å². The number of amides is 1. The Morgan fingerprint density at radius 3 is 2.53 bits per heavy atom. The van der Waals surface area contributed by atoms with Crippen LogP contribution in [0.3, 0.4) is 0 Å². The maximum Gasteiger partial charge on any atom is 0.236 e. The van der Waals surface area contributed by atoms with Gasteiger partial charge in [-0.2, -0.15) is 0 Å². The lowest BCUT2D eigenvalue weighted by Gasteiger charge is -2.21. The second kappa shape index (κ2) is 6.39. The fourth-order valence-electron chi connectivity index (χ4n) is 2.38. The second-order valence-corrected chi connectivity index (χ2v) is 6.13. The summed E-state index contributed by atoms with van der Waals surface area (Å²) in [6, 6.07) is 0. The lowest BCUT2D eigenvalue weighted by molar-refractivity contribution is -0.129. The third kappa shape index (κ3) is 4.66. The van der Waals surface area contributed by atoms with Gasteiger partial charge in [-0.05, 0) is 37.1 Å². The zero-order valence-electron chi connectivity index (χ0n) is 12.1. The molecule has 0 aliphatic carbocycles. The molecule has 0 aromatic carbocycles. The number of likely N-dealkylation sites (tertiary alicyclic amines) is 1. The maximum atomic E-state index is 11.6. The quantitative estimate of drug-likeness (QED) is 0.734. The minimum absolute atomic E-state index is 0.225. The predicted molar refractivity (Wildman–Crippen MR) is 71.9 cm³/mol. The summed E-state index contributed by atoms with van der Waals surface area (Å²) in [6.07, 6.45) is 2.57. The molecule has 0 bridgehead atoms. The molecule has 1 fully saturated rings. The zero-order valence-corrected chi connectivity index (χ0v) is 12.1. The minimum atomic E-state index is 0.225. The first-order chi connectivity index (χ1) is 7.90. The van der Waals surface area contributed by atoms with Gasteiger partial charge >= 0.3 is 0 Å². The Bertz CT molecular complexity index is 251. The molecule has 1 aliphatic rings. The van der Waals surface area contributed by atoms with Gasteiger partial charge in [0, 0.05) is 20.6 Å². The number of carbonyl (C=O) groups is 1. The van der Waals surface area contributed by atoms with E-state index in [9.17, 15) is 4.79 Å². The Morgan fingerprint density at radius 2 is 2.00 bits per heavy atom. The fraction of sp³-hybridized carbons (Fsp3) is 0.929. The van der Waals surface area contributed by atoms with Crippen LogP contribution in [0.25, 0.3) is 0 Å². The third-order valence-electron chi connectivity index (χ3n) is 4.07. The van der Waals surface area contributed by atoms with Gasteiger partial charge in [0.05, 0.1) is 6.54 Å². The third-order valence-corrected chi connectivity index (χ3v) is 4.07. The Kier molecular flexibility index (Phi) is 5.44. The van der Waals surface area contributed by atoms with Crippen molar-refractivity contribution in [3.05, 3.63) is 0 Å². The molecule has 2 atom stereocenters. The van der Waals surface area contributed by atoms with Crippen molar-refractivity contribution in [2.75, 3.05) is 33.7 Å². The average molecular weight is 240 g/mol. The zero-order chi connectivity index (χ0) is 13.0. The van der Waals surface area contributed by atoms with Gasteiger partial charge in [-0.3, -0.25) is 9.69 Å². The van der Waals surface area contributed by atoms with Crippen LogP contribution in [-0.2, 0) is 4.79 Å². The number of hydrogen-bond acceptors (Lipinski definition) is 2. The number of rotatable bonds is 5. The molecule has 3 nitrogen and oxygen atoms in total. The Morgan fingerprint density at radius 1 is 1.35 bits per heavy atom. The monoisotopic (exact) mass is 240 g/mol. The van der Waals surface area contributed by atoms with E-state index in [1.807, 2.05) is 14.1 Å². The summed E-state index contributed by atoms with van der Waals surface area (Å²) in [4.78, 5) is 15.6. The summed E-state index contributed by atoms with van der Waals surface area (Å²) < 4.78 is 0. The van der Waals surface area contributed by atoms with Gasteiger partial charge in [0.2, 0.25) is 5.91 Å². The molecule has 3 heteroatoms. The van der Waals surface area contributed by atoms with Crippen molar-refractivity contribution in [3.63, 3.8) is 0 Å². The summed E-state index contributed by atoms with van der Waals surface area (Å²) in [5.74, 6) is 2.59. The SMILES string of the molecule is CC(C)C(C)CC1CCN(CC(=O)N(C)C)C1. The fourth-order valence-corrected chi connectivity index (χ4v) is 2.38. The molecular weight excluding hydrogens is 212 g/mol. The highest BCUT2D eigenvalue weighted by molar-refractivity contribution is 5.77. The van der Waals surface area contributed by atoms with Gasteiger partial charge in [-0.15, -0.1) is 0 Å². The van der Waals surface area contributed by atoms with E-state index in [-0.39, 0.29) is 5.91 Å². The topological polar surface area (TPSA) is 23.6 Å². The van der Waals surface area contributed by atoms with E-state index in [1.54, 1.807) is 4.90 Å². The lowest BCUT2D eigenvalue weighted by atomic mass is 9.87. The van der Waals surface area contributed by atoms with Crippen LogP contribution in [0.4, 0.5) is 0 Å². The minimum Gasteiger partial charge on any atom is -0.348 e. The van der Waals surface area contributed by atoms with E-state index in [0.717, 1.165) is 30.8 Å². The molecule has 1 saturated heterocycles. The van der Waals surface area contributed by atoms with Crippen LogP contribution in [-0.4, -0.2) is 49.4 Å². The molecule has 2 unspecified atom stereocenters. The number of likely N-dealkylation sites (N-methyl/N-ethyl adjacent to an activating group) is 1. The highest BCUT2D eigenvalue weighted by Gasteiger charge is 2.26. The first-order valence-corrected chi connectivity index (χ1v) is 6.82. The molecule has 0 spiro atoms. The van der Waals surface area contributed by atoms with Crippen LogP contribution in [0, 0.1) is 17.8 Å². The molecular formula is C14H28N2O. The smallest absolute Gasteiger partial charge is 0.236 e. The van der Waals surface area contributed by atoms with E-state index in [0.29, 0.717) is 6.54 Å². The van der Waals surface area contributed by atoms with Gasteiger partial charge < -0.3 is 4.90 Å². The predicted octanol–water partition coefficient (Wildman–Crippen LogP) is 2.08. The molecule has 1 heterocycles. The van der Waals surface area contributed by atoms with Crippen LogP contribution >= 0.6 is 0 Å². The van der Waals surface area contributed by atoms with Crippen molar-refractivity contribution in [2.24, 2.45) is 17.8 Å². The Balaban J connectivity index is 2.30. The van der Waals surface area contributed by atoms with Crippen LogP contribution in [0.5, 0.6) is 0 Å². The van der Waals surface area contributed by atoms with Crippen LogP contribution < -0.4 is 0 Å². The standard InChI is InChI=1S/C14H28N2O/c1-11(2)12(3)8-13-6-7-16(9-13)10-14(17)15(4)5/h11-13H,6-10H2,1-5H3. The molecule has 0 aromatic rings. The van der Waals surface area contributed by atoms with Gasteiger partial charge in [-0.25, -0.2) is 0 Å². The van der Waals surface area contributed by atoms with Crippen LogP contribution in [0.1, 0.15) is 33.6 Å². The summed E-state index contributed by atoms with van der Waals surface area (Å²) in [6.45, 7) is 9.74. The molecule has 0 N–H and O–H groups in total. The normalized spacial score (nSPS) is 23.1. The number of hydrogen-bond donors (Lipinski definition) is 0. The summed E-state index contributed by atoms with van der Waals surface area (Å²) in [7, 11) is 3.66. The Hall–Kier alpha value is -0.570. The van der Waals surface area contributed by atoms with Gasteiger partial charge in [-0.1, -0.05) is 20.8 Å². The van der Waals surface area contributed by atoms with E-state index < -0.39 is 0 Å². The second-order valence-electron chi connectivity index (χ2n) is 6.13. The lowest BCUT2D eigenvalue weighted by Crippen LogP contribution is -2.35. The molecule has 1 aliphatic heterocycles. The summed E-state index contributed by atoms with van der Waals surface area (Å²) in [5, 5.41) is 0. The molecule has 0 aromatic heterocycles. The van der Waals surface area contributed by atoms with Crippen LogP contribution in [0.2, 0.25) is 0 Å². The van der Waals surface area contributed by atoms with Crippen molar-refractivity contribution in [1.82, 2.24) is 9.80 Å². The summed E-state index contributed by atoms with van der Waals surface area (Å²) in [5.41, 5.74) is 0. The molecule has 1 rings (SSSR count).